The van der Waals surface area contributed by atoms with E-state index in [1.165, 1.54) is 12.1 Å². The molecule has 0 aliphatic rings. The second kappa shape index (κ2) is 5.66. The van der Waals surface area contributed by atoms with Crippen LogP contribution in [0.3, 0.4) is 0 Å². The van der Waals surface area contributed by atoms with Crippen LogP contribution in [0.4, 0.5) is 11.4 Å². The van der Waals surface area contributed by atoms with Crippen molar-refractivity contribution in [3.63, 3.8) is 0 Å². The number of anilines is 1. The number of nitrogens with zero attached hydrogens (tertiary/aromatic N) is 1. The number of non-ortho nitro benzene ring substituents is 1. The van der Waals surface area contributed by atoms with E-state index in [1.54, 1.807) is 19.1 Å². The molecule has 0 radical (unpaired) electrons. The quantitative estimate of drug-likeness (QED) is 0.354. The molecule has 0 atom stereocenters. The topological polar surface area (TPSA) is 55.2 Å². The fraction of sp³-hybridized carbons (Fsp3) is 0.273. The third-order valence-electron chi connectivity index (χ3n) is 1.81. The van der Waals surface area contributed by atoms with Gasteiger partial charge in [-0.1, -0.05) is 6.07 Å². The molecular weight excluding hydrogens is 192 g/mol. The first-order valence-electron chi connectivity index (χ1n) is 4.62. The van der Waals surface area contributed by atoms with Crippen LogP contribution < -0.4 is 5.32 Å². The molecular formula is C11H12N2O2. The fourth-order valence-corrected chi connectivity index (χ4v) is 1.12. The number of benzene rings is 1. The monoisotopic (exact) mass is 204 g/mol. The molecule has 0 bridgehead atoms. The van der Waals surface area contributed by atoms with E-state index < -0.39 is 4.92 Å². The van der Waals surface area contributed by atoms with Crippen LogP contribution in [0.5, 0.6) is 0 Å². The Labute approximate surface area is 88.5 Å². The molecule has 0 heterocycles. The summed E-state index contributed by atoms with van der Waals surface area (Å²) in [5.74, 6) is 5.69. The molecule has 0 aliphatic heterocycles. The summed E-state index contributed by atoms with van der Waals surface area (Å²) in [4.78, 5) is 10.1. The Hall–Kier alpha value is -2.02. The van der Waals surface area contributed by atoms with Crippen molar-refractivity contribution >= 4 is 11.4 Å². The molecule has 1 aromatic rings. The Morgan fingerprint density at radius 3 is 3.00 bits per heavy atom. The van der Waals surface area contributed by atoms with Gasteiger partial charge in [0.2, 0.25) is 0 Å². The summed E-state index contributed by atoms with van der Waals surface area (Å²) in [7, 11) is 0. The van der Waals surface area contributed by atoms with E-state index in [-0.39, 0.29) is 5.69 Å². The molecule has 0 aliphatic carbocycles. The zero-order valence-corrected chi connectivity index (χ0v) is 8.49. The van der Waals surface area contributed by atoms with Crippen LogP contribution in [0.2, 0.25) is 0 Å². The first-order chi connectivity index (χ1) is 7.24. The van der Waals surface area contributed by atoms with Crippen molar-refractivity contribution in [3.8, 4) is 11.8 Å². The molecule has 0 unspecified atom stereocenters. The zero-order chi connectivity index (χ0) is 11.1. The first-order valence-corrected chi connectivity index (χ1v) is 4.62. The van der Waals surface area contributed by atoms with E-state index in [2.05, 4.69) is 17.2 Å². The van der Waals surface area contributed by atoms with Gasteiger partial charge in [-0.15, -0.1) is 11.8 Å². The standard InChI is InChI=1S/C11H12N2O2/c1-2-3-4-8-12-10-6-5-7-11(9-10)13(14)15/h5-7,9,12H,4,8H2,1H3. The lowest BCUT2D eigenvalue weighted by molar-refractivity contribution is -0.384. The van der Waals surface area contributed by atoms with Gasteiger partial charge in [-0.25, -0.2) is 0 Å². The normalized spacial score (nSPS) is 8.87. The fourth-order valence-electron chi connectivity index (χ4n) is 1.12. The molecule has 0 saturated carbocycles. The van der Waals surface area contributed by atoms with Gasteiger partial charge in [0.15, 0.2) is 0 Å². The summed E-state index contributed by atoms with van der Waals surface area (Å²) in [5, 5.41) is 13.6. The summed E-state index contributed by atoms with van der Waals surface area (Å²) in [6, 6.07) is 6.44. The first kappa shape index (κ1) is 11.1. The molecule has 1 rings (SSSR count). The maximum atomic E-state index is 10.5. The van der Waals surface area contributed by atoms with Crippen molar-refractivity contribution in [2.45, 2.75) is 13.3 Å². The second-order valence-electron chi connectivity index (χ2n) is 2.91. The smallest absolute Gasteiger partial charge is 0.271 e. The van der Waals surface area contributed by atoms with Crippen molar-refractivity contribution in [2.75, 3.05) is 11.9 Å². The lowest BCUT2D eigenvalue weighted by Gasteiger charge is -2.02. The average molecular weight is 204 g/mol. The predicted molar refractivity (Wildman–Crippen MR) is 59.7 cm³/mol. The van der Waals surface area contributed by atoms with Gasteiger partial charge in [-0.3, -0.25) is 10.1 Å². The maximum absolute atomic E-state index is 10.5. The minimum Gasteiger partial charge on any atom is -0.384 e. The maximum Gasteiger partial charge on any atom is 0.271 e. The van der Waals surface area contributed by atoms with Gasteiger partial charge >= 0.3 is 0 Å². The summed E-state index contributed by atoms with van der Waals surface area (Å²) >= 11 is 0. The lowest BCUT2D eigenvalue weighted by Crippen LogP contribution is -2.00. The minimum atomic E-state index is -0.406. The van der Waals surface area contributed by atoms with Crippen LogP contribution in [-0.4, -0.2) is 11.5 Å². The van der Waals surface area contributed by atoms with E-state index in [1.807, 2.05) is 0 Å². The van der Waals surface area contributed by atoms with Crippen molar-refractivity contribution < 1.29 is 4.92 Å². The molecule has 15 heavy (non-hydrogen) atoms. The van der Waals surface area contributed by atoms with E-state index in [0.29, 0.717) is 6.54 Å². The number of hydrogen-bond acceptors (Lipinski definition) is 3. The molecule has 4 heteroatoms. The van der Waals surface area contributed by atoms with Gasteiger partial charge in [-0.05, 0) is 13.0 Å². The predicted octanol–water partition coefficient (Wildman–Crippen LogP) is 2.42. The summed E-state index contributed by atoms with van der Waals surface area (Å²) < 4.78 is 0. The Morgan fingerprint density at radius 1 is 1.53 bits per heavy atom. The van der Waals surface area contributed by atoms with Crippen LogP contribution >= 0.6 is 0 Å². The highest BCUT2D eigenvalue weighted by molar-refractivity contribution is 5.50. The summed E-state index contributed by atoms with van der Waals surface area (Å²) in [6.07, 6.45) is 0.735. The Bertz CT molecular complexity index is 405. The third-order valence-corrected chi connectivity index (χ3v) is 1.81. The SMILES string of the molecule is CC#CCCNc1cccc([N+](=O)[O-])c1. The number of nitro benzene ring substituents is 1. The second-order valence-corrected chi connectivity index (χ2v) is 2.91. The largest absolute Gasteiger partial charge is 0.384 e. The van der Waals surface area contributed by atoms with Crippen LogP contribution in [0.1, 0.15) is 13.3 Å². The molecule has 0 aromatic heterocycles. The average Bonchev–Trinajstić information content (AvgIpc) is 2.25. The molecule has 4 nitrogen and oxygen atoms in total. The molecule has 0 amide bonds. The molecule has 1 aromatic carbocycles. The molecule has 78 valence electrons. The Morgan fingerprint density at radius 2 is 2.33 bits per heavy atom. The summed E-state index contributed by atoms with van der Waals surface area (Å²) in [5.41, 5.74) is 0.851. The highest BCUT2D eigenvalue weighted by Crippen LogP contribution is 2.16. The van der Waals surface area contributed by atoms with Crippen LogP contribution in [0.25, 0.3) is 0 Å². The van der Waals surface area contributed by atoms with Crippen molar-refractivity contribution in [1.82, 2.24) is 0 Å². The van der Waals surface area contributed by atoms with Gasteiger partial charge in [0.25, 0.3) is 5.69 Å². The molecule has 1 N–H and O–H groups in total. The van der Waals surface area contributed by atoms with Crippen molar-refractivity contribution in [3.05, 3.63) is 34.4 Å². The minimum absolute atomic E-state index is 0.0987. The zero-order valence-electron chi connectivity index (χ0n) is 8.49. The van der Waals surface area contributed by atoms with E-state index in [9.17, 15) is 10.1 Å². The Kier molecular flexibility index (Phi) is 4.17. The third kappa shape index (κ3) is 3.69. The Balaban J connectivity index is 2.56. The highest BCUT2D eigenvalue weighted by atomic mass is 16.6. The van der Waals surface area contributed by atoms with Crippen LogP contribution in [-0.2, 0) is 0 Å². The summed E-state index contributed by atoms with van der Waals surface area (Å²) in [6.45, 7) is 2.48. The van der Waals surface area contributed by atoms with Gasteiger partial charge < -0.3 is 5.32 Å². The van der Waals surface area contributed by atoms with E-state index >= 15 is 0 Å². The number of nitrogens with one attached hydrogen (secondary N) is 1. The highest BCUT2D eigenvalue weighted by Gasteiger charge is 2.04. The van der Waals surface area contributed by atoms with Crippen LogP contribution in [0, 0.1) is 22.0 Å². The molecule has 0 saturated heterocycles. The number of nitro groups is 1. The van der Waals surface area contributed by atoms with Crippen LogP contribution in [0.15, 0.2) is 24.3 Å². The molecule has 0 spiro atoms. The van der Waals surface area contributed by atoms with E-state index in [0.717, 1.165) is 12.1 Å². The molecule has 0 fully saturated rings. The van der Waals surface area contributed by atoms with E-state index in [4.69, 9.17) is 0 Å². The lowest BCUT2D eigenvalue weighted by atomic mass is 10.3. The van der Waals surface area contributed by atoms with Gasteiger partial charge in [-0.2, -0.15) is 0 Å². The van der Waals surface area contributed by atoms with Gasteiger partial charge in [0.05, 0.1) is 4.92 Å². The van der Waals surface area contributed by atoms with Gasteiger partial charge in [0.1, 0.15) is 0 Å². The van der Waals surface area contributed by atoms with Gasteiger partial charge in [0, 0.05) is 30.8 Å². The number of hydrogen-bond donors (Lipinski definition) is 1. The van der Waals surface area contributed by atoms with Crippen molar-refractivity contribution in [1.29, 1.82) is 0 Å². The van der Waals surface area contributed by atoms with Crippen molar-refractivity contribution in [2.24, 2.45) is 0 Å². The number of rotatable bonds is 4.